The van der Waals surface area contributed by atoms with Gasteiger partial charge in [0.2, 0.25) is 11.4 Å². The Morgan fingerprint density at radius 3 is 1.21 bits per heavy atom. The van der Waals surface area contributed by atoms with Crippen molar-refractivity contribution in [3.63, 3.8) is 0 Å². The molecule has 0 fully saturated rings. The van der Waals surface area contributed by atoms with E-state index in [4.69, 9.17) is 0 Å². The van der Waals surface area contributed by atoms with Crippen LogP contribution in [0.25, 0.3) is 16.9 Å². The Bertz CT molecular complexity index is 1770. The molecule has 0 N–H and O–H groups in total. The van der Waals surface area contributed by atoms with Crippen molar-refractivity contribution in [3.8, 4) is 0 Å². The zero-order chi connectivity index (χ0) is 41.0. The summed E-state index contributed by atoms with van der Waals surface area (Å²) >= 11 is 0. The SMILES string of the molecule is CCCCCCC1=C(c2cccc(CC[Si](C)(C)C)c2)[N+](=[N-])C(c2cccc(CC[Si](C)(C)C)c2)=C1CCCC.[CH2-]Cc1ccccc1.[CH2-]Cc1ccccc1.[Ni+2]. The predicted octanol–water partition coefficient (Wildman–Crippen LogP) is 15.9. The van der Waals surface area contributed by atoms with Gasteiger partial charge < -0.3 is 19.4 Å². The van der Waals surface area contributed by atoms with E-state index < -0.39 is 16.1 Å². The number of nitrogens with zero attached hydrogens (tertiary/aromatic N) is 2. The molecule has 5 rings (SSSR count). The molecule has 4 aromatic carbocycles. The summed E-state index contributed by atoms with van der Waals surface area (Å²) in [5.74, 6) is 0. The largest absolute Gasteiger partial charge is 2.00 e. The summed E-state index contributed by atoms with van der Waals surface area (Å²) in [5, 5.41) is 0. The monoisotopic (exact) mass is 840 g/mol. The molecule has 0 saturated carbocycles. The van der Waals surface area contributed by atoms with Gasteiger partial charge in [-0.1, -0.05) is 187 Å². The van der Waals surface area contributed by atoms with Gasteiger partial charge in [0.1, 0.15) is 0 Å². The van der Waals surface area contributed by atoms with E-state index in [0.717, 1.165) is 68.3 Å². The van der Waals surface area contributed by atoms with Gasteiger partial charge in [-0.25, -0.2) is 4.70 Å². The van der Waals surface area contributed by atoms with Gasteiger partial charge in [-0.05, 0) is 73.9 Å². The first-order valence-electron chi connectivity index (χ1n) is 21.6. The van der Waals surface area contributed by atoms with Crippen molar-refractivity contribution in [1.29, 1.82) is 0 Å². The number of unbranched alkanes of at least 4 members (excludes halogenated alkanes) is 4. The van der Waals surface area contributed by atoms with E-state index >= 15 is 0 Å². The molecule has 1 aliphatic heterocycles. The van der Waals surface area contributed by atoms with E-state index in [1.54, 1.807) is 4.70 Å². The molecule has 2 nitrogen and oxygen atoms in total. The minimum Gasteiger partial charge on any atom is -0.493 e. The molecule has 57 heavy (non-hydrogen) atoms. The van der Waals surface area contributed by atoms with E-state index in [2.05, 4.69) is 140 Å². The van der Waals surface area contributed by atoms with Crippen LogP contribution < -0.4 is 0 Å². The number of allylic oxidation sites excluding steroid dienone is 2. The summed E-state index contributed by atoms with van der Waals surface area (Å²) in [6.45, 7) is 26.8. The summed E-state index contributed by atoms with van der Waals surface area (Å²) in [7, 11) is -2.25. The average molecular weight is 842 g/mol. The second kappa shape index (κ2) is 26.1. The molecule has 0 spiro atoms. The Morgan fingerprint density at radius 1 is 0.474 bits per heavy atom. The van der Waals surface area contributed by atoms with Crippen LogP contribution in [0.2, 0.25) is 51.4 Å². The van der Waals surface area contributed by atoms with Gasteiger partial charge in [-0.15, -0.1) is 0 Å². The zero-order valence-electron chi connectivity index (χ0n) is 36.9. The minimum absolute atomic E-state index is 0. The van der Waals surface area contributed by atoms with Gasteiger partial charge in [0.25, 0.3) is 0 Å². The van der Waals surface area contributed by atoms with Gasteiger partial charge in [-0.3, -0.25) is 0 Å². The summed E-state index contributed by atoms with van der Waals surface area (Å²) < 4.78 is 1.58. The first-order valence-corrected chi connectivity index (χ1v) is 29.0. The fourth-order valence-corrected chi connectivity index (χ4v) is 9.02. The van der Waals surface area contributed by atoms with Crippen LogP contribution in [-0.4, -0.2) is 20.8 Å². The van der Waals surface area contributed by atoms with Crippen LogP contribution in [0.5, 0.6) is 0 Å². The molecule has 0 unspecified atom stereocenters. The molecular weight excluding hydrogens is 767 g/mol. The molecule has 0 saturated heterocycles. The van der Waals surface area contributed by atoms with E-state index in [1.165, 1.54) is 76.7 Å². The summed E-state index contributed by atoms with van der Waals surface area (Å²) in [4.78, 5) is 0. The number of hydrogen-bond acceptors (Lipinski definition) is 0. The average Bonchev–Trinajstić information content (AvgIpc) is 3.48. The van der Waals surface area contributed by atoms with Crippen LogP contribution in [0.15, 0.2) is 120 Å². The quantitative estimate of drug-likeness (QED) is 0.0413. The third-order valence-electron chi connectivity index (χ3n) is 10.4. The first-order chi connectivity index (χ1) is 26.8. The van der Waals surface area contributed by atoms with E-state index in [-0.39, 0.29) is 16.5 Å². The van der Waals surface area contributed by atoms with Gasteiger partial charge in [0.15, 0.2) is 0 Å². The van der Waals surface area contributed by atoms with Crippen LogP contribution >= 0.6 is 0 Å². The van der Waals surface area contributed by atoms with Crippen molar-refractivity contribution in [2.75, 3.05) is 0 Å². The predicted molar refractivity (Wildman–Crippen MR) is 253 cm³/mol. The number of aryl methyl sites for hydroxylation is 2. The number of rotatable bonds is 18. The van der Waals surface area contributed by atoms with Crippen molar-refractivity contribution in [1.82, 2.24) is 0 Å². The maximum absolute atomic E-state index is 12.0. The van der Waals surface area contributed by atoms with Gasteiger partial charge >= 0.3 is 16.5 Å². The molecule has 0 aromatic heterocycles. The molecule has 1 heterocycles. The second-order valence-electron chi connectivity index (χ2n) is 17.9. The standard InChI is InChI=1S/C36H56N2Si2.2C8H9.Ni/c1-9-11-13-14-22-34-33(21-12-10-2)35(31-19-15-17-29(27-31)23-25-39(3,4)5)38(37)36(34)32-20-16-18-30(28-32)24-26-40(6,7)8;2*1-2-8-6-4-3-5-7-8;/h15-20,27-28H,9-14,21-26H2,1-8H3;2*3-7H,1-2H2;/q;2*-1;+2. The van der Waals surface area contributed by atoms with Crippen LogP contribution in [0.4, 0.5) is 0 Å². The fraction of sp³-hybridized carbons (Fsp3) is 0.423. The number of benzene rings is 4. The maximum Gasteiger partial charge on any atom is 2.00 e. The molecule has 4 aromatic rings. The molecule has 310 valence electrons. The van der Waals surface area contributed by atoms with Crippen LogP contribution in [0.3, 0.4) is 0 Å². The second-order valence-corrected chi connectivity index (χ2v) is 29.1. The summed E-state index contributed by atoms with van der Waals surface area (Å²) in [5.41, 5.74) is 24.5. The van der Waals surface area contributed by atoms with Crippen molar-refractivity contribution in [3.05, 3.63) is 173 Å². The van der Waals surface area contributed by atoms with E-state index in [1.807, 2.05) is 36.4 Å². The summed E-state index contributed by atoms with van der Waals surface area (Å²) in [6.07, 6.45) is 13.3. The Morgan fingerprint density at radius 2 is 0.860 bits per heavy atom. The Hall–Kier alpha value is -3.11. The Kier molecular flexibility index (Phi) is 22.9. The first kappa shape index (κ1) is 50.0. The van der Waals surface area contributed by atoms with Crippen LogP contribution in [-0.2, 0) is 42.2 Å². The molecule has 0 aliphatic carbocycles. The maximum atomic E-state index is 12.0. The Balaban J connectivity index is 0.000000541. The third-order valence-corrected chi connectivity index (χ3v) is 13.9. The molecule has 5 heteroatoms. The van der Waals surface area contributed by atoms with Crippen molar-refractivity contribution in [2.45, 2.75) is 142 Å². The fourth-order valence-electron chi connectivity index (χ4n) is 6.94. The molecule has 1 aliphatic rings. The minimum atomic E-state index is -1.12. The number of hydrogen-bond donors (Lipinski definition) is 0. The molecule has 0 atom stereocenters. The molecular formula is C52H74N2NiSi2. The Labute approximate surface area is 362 Å². The topological polar surface area (TPSA) is 25.3 Å². The van der Waals surface area contributed by atoms with Gasteiger partial charge in [0.05, 0.1) is 0 Å². The van der Waals surface area contributed by atoms with Crippen molar-refractivity contribution >= 4 is 27.5 Å². The van der Waals surface area contributed by atoms with Crippen molar-refractivity contribution in [2.24, 2.45) is 0 Å². The van der Waals surface area contributed by atoms with E-state index in [0.29, 0.717) is 0 Å². The van der Waals surface area contributed by atoms with E-state index in [9.17, 15) is 5.53 Å². The summed E-state index contributed by atoms with van der Waals surface area (Å²) in [6, 6.07) is 41.1. The molecule has 0 amide bonds. The van der Waals surface area contributed by atoms with Crippen LogP contribution in [0.1, 0.15) is 98.6 Å². The zero-order valence-corrected chi connectivity index (χ0v) is 39.9. The smallest absolute Gasteiger partial charge is 0.493 e. The normalized spacial score (nSPS) is 12.8. The third kappa shape index (κ3) is 18.1. The van der Waals surface area contributed by atoms with Gasteiger partial charge in [0, 0.05) is 38.4 Å². The molecule has 0 bridgehead atoms. The van der Waals surface area contributed by atoms with Crippen molar-refractivity contribution < 1.29 is 21.2 Å². The van der Waals surface area contributed by atoms with Crippen LogP contribution in [0, 0.1) is 13.8 Å². The molecule has 0 radical (unpaired) electrons. The van der Waals surface area contributed by atoms with Gasteiger partial charge in [-0.2, -0.15) is 12.8 Å².